The fourth-order valence-electron chi connectivity index (χ4n) is 9.26. The summed E-state index contributed by atoms with van der Waals surface area (Å²) in [6, 6.07) is 36.9. The van der Waals surface area contributed by atoms with Crippen LogP contribution in [0.3, 0.4) is 0 Å². The smallest absolute Gasteiger partial charge is 0.203 e. The molecule has 0 radical (unpaired) electrons. The van der Waals surface area contributed by atoms with Crippen LogP contribution in [0.2, 0.25) is 0 Å². The van der Waals surface area contributed by atoms with Crippen molar-refractivity contribution in [3.05, 3.63) is 191 Å². The van der Waals surface area contributed by atoms with Gasteiger partial charge in [-0.3, -0.25) is 20.2 Å². The van der Waals surface area contributed by atoms with E-state index >= 15 is 0 Å². The van der Waals surface area contributed by atoms with Crippen LogP contribution in [0, 0.1) is 0 Å². The molecular formula is C54H50N6O6. The molecule has 2 N–H and O–H groups in total. The van der Waals surface area contributed by atoms with Crippen molar-refractivity contribution in [2.75, 3.05) is 42.7 Å². The second-order valence-corrected chi connectivity index (χ2v) is 15.9. The van der Waals surface area contributed by atoms with Gasteiger partial charge in [0.15, 0.2) is 23.0 Å². The van der Waals surface area contributed by atoms with Gasteiger partial charge in [-0.15, -0.1) is 0 Å². The maximum absolute atomic E-state index is 5.67. The molecule has 8 aromatic rings. The van der Waals surface area contributed by atoms with Crippen LogP contribution in [0.1, 0.15) is 44.8 Å². The van der Waals surface area contributed by atoms with Gasteiger partial charge in [-0.25, -0.2) is 0 Å². The quantitative estimate of drug-likeness (QED) is 0.122. The summed E-state index contributed by atoms with van der Waals surface area (Å²) in [5.41, 5.74) is 11.7. The fourth-order valence-corrected chi connectivity index (χ4v) is 9.26. The molecule has 66 heavy (non-hydrogen) atoms. The third-order valence-electron chi connectivity index (χ3n) is 12.6. The molecule has 0 saturated carbocycles. The third-order valence-corrected chi connectivity index (χ3v) is 12.6. The zero-order valence-corrected chi connectivity index (χ0v) is 37.7. The molecule has 2 aliphatic carbocycles. The van der Waals surface area contributed by atoms with Crippen LogP contribution >= 0.6 is 0 Å². The molecular weight excluding hydrogens is 829 g/mol. The average Bonchev–Trinajstić information content (AvgIpc) is 4.02. The van der Waals surface area contributed by atoms with Gasteiger partial charge in [0.2, 0.25) is 11.5 Å². The molecule has 0 amide bonds. The van der Waals surface area contributed by atoms with Crippen molar-refractivity contribution < 1.29 is 28.4 Å². The monoisotopic (exact) mass is 878 g/mol. The van der Waals surface area contributed by atoms with Crippen molar-refractivity contribution in [2.24, 2.45) is 0 Å². The minimum atomic E-state index is -0.445. The van der Waals surface area contributed by atoms with E-state index in [0.717, 1.165) is 56.2 Å². The number of rotatable bonds is 12. The number of aromatic nitrogens is 6. The molecule has 2 aliphatic rings. The standard InChI is InChI=1S/2C27H25N3O3/c1-31-23-14-20(15-24(32-2)26(23)33-3)27(19-9-5-4-6-10-19)12-11-21-22(16-27)29-30-25(21)18-8-7-13-28-17-18;1-31-23-15-20(16-24(32-2)26(23)33-3)27(19-7-5-4-6-8-19)12-9-21-22(17-27)29-30-25(21)18-10-13-28-14-11-18/h4-15,17H,16H2,1-3H3,(H,29,30);4-16H,17H2,1-3H3,(H,29,30). The van der Waals surface area contributed by atoms with Crippen molar-refractivity contribution in [2.45, 2.75) is 23.7 Å². The van der Waals surface area contributed by atoms with Crippen molar-refractivity contribution in [3.8, 4) is 57.0 Å². The Morgan fingerprint density at radius 3 is 1.27 bits per heavy atom. The van der Waals surface area contributed by atoms with Gasteiger partial charge in [-0.2, -0.15) is 10.2 Å². The summed E-state index contributed by atoms with van der Waals surface area (Å²) < 4.78 is 33.8. The maximum Gasteiger partial charge on any atom is 0.203 e. The van der Waals surface area contributed by atoms with Gasteiger partial charge < -0.3 is 28.4 Å². The predicted molar refractivity (Wildman–Crippen MR) is 256 cm³/mol. The molecule has 0 spiro atoms. The summed E-state index contributed by atoms with van der Waals surface area (Å²) in [6.07, 6.45) is 17.4. The summed E-state index contributed by atoms with van der Waals surface area (Å²) in [7, 11) is 9.79. The molecule has 0 aliphatic heterocycles. The first kappa shape index (κ1) is 43.1. The van der Waals surface area contributed by atoms with E-state index in [1.807, 2.05) is 66.9 Å². The normalized spacial score (nSPS) is 16.8. The number of hydrogen-bond acceptors (Lipinski definition) is 10. The van der Waals surface area contributed by atoms with E-state index in [9.17, 15) is 0 Å². The van der Waals surface area contributed by atoms with Gasteiger partial charge in [0.25, 0.3) is 0 Å². The molecule has 0 fully saturated rings. The largest absolute Gasteiger partial charge is 0.493 e. The third kappa shape index (κ3) is 7.70. The highest BCUT2D eigenvalue weighted by molar-refractivity contribution is 5.78. The number of methoxy groups -OCH3 is 6. The average molecular weight is 879 g/mol. The topological polar surface area (TPSA) is 139 Å². The van der Waals surface area contributed by atoms with Crippen molar-refractivity contribution in [1.29, 1.82) is 0 Å². The number of H-pyrrole nitrogens is 2. The number of allylic oxidation sites excluding steroid dienone is 2. The van der Waals surface area contributed by atoms with E-state index in [-0.39, 0.29) is 0 Å². The van der Waals surface area contributed by atoms with Gasteiger partial charge in [0.1, 0.15) is 5.69 Å². The summed E-state index contributed by atoms with van der Waals surface area (Å²) in [6.45, 7) is 0. The van der Waals surface area contributed by atoms with Crippen molar-refractivity contribution in [3.63, 3.8) is 0 Å². The van der Waals surface area contributed by atoms with Gasteiger partial charge in [-0.05, 0) is 70.8 Å². The Labute approximate surface area is 383 Å². The number of hydrogen-bond donors (Lipinski definition) is 2. The molecule has 4 aromatic heterocycles. The summed E-state index contributed by atoms with van der Waals surface area (Å²) >= 11 is 0. The van der Waals surface area contributed by atoms with Crippen LogP contribution in [-0.2, 0) is 23.7 Å². The van der Waals surface area contributed by atoms with Crippen LogP contribution in [0.4, 0.5) is 0 Å². The highest BCUT2D eigenvalue weighted by atomic mass is 16.5. The molecule has 4 aromatic carbocycles. The van der Waals surface area contributed by atoms with Gasteiger partial charge in [0, 0.05) is 82.1 Å². The SMILES string of the molecule is COc1cc(C2(c3ccccc3)C=Cc3c(-c4cccnc4)n[nH]c3C2)cc(OC)c1OC.COc1cc(C2(c3ccccc3)C=Cc3c(-c4ccncc4)n[nH]c3C2)cc(OC)c1OC. The second-order valence-electron chi connectivity index (χ2n) is 15.9. The zero-order valence-electron chi connectivity index (χ0n) is 37.7. The summed E-state index contributed by atoms with van der Waals surface area (Å²) in [5, 5.41) is 15.8. The van der Waals surface area contributed by atoms with Crippen LogP contribution in [0.15, 0.2) is 146 Å². The van der Waals surface area contributed by atoms with E-state index in [1.54, 1.807) is 61.2 Å². The molecule has 0 saturated heterocycles. The van der Waals surface area contributed by atoms with Gasteiger partial charge >= 0.3 is 0 Å². The van der Waals surface area contributed by atoms with E-state index in [2.05, 4.69) is 103 Å². The van der Waals surface area contributed by atoms with Crippen LogP contribution in [0.5, 0.6) is 34.5 Å². The van der Waals surface area contributed by atoms with Crippen LogP contribution in [0.25, 0.3) is 34.7 Å². The molecule has 0 bridgehead atoms. The Balaban J connectivity index is 0.000000166. The van der Waals surface area contributed by atoms with Gasteiger partial charge in [0.05, 0.1) is 48.4 Å². The van der Waals surface area contributed by atoms with E-state index in [0.29, 0.717) is 47.3 Å². The first-order chi connectivity index (χ1) is 32.4. The number of nitrogens with one attached hydrogen (secondary N) is 2. The molecule has 10 rings (SSSR count). The fraction of sp³-hybridized carbons (Fsp3) is 0.185. The minimum Gasteiger partial charge on any atom is -0.493 e. The Morgan fingerprint density at radius 1 is 0.439 bits per heavy atom. The molecule has 12 heteroatoms. The highest BCUT2D eigenvalue weighted by Crippen LogP contribution is 2.50. The number of nitrogens with zero attached hydrogens (tertiary/aromatic N) is 4. The lowest BCUT2D eigenvalue weighted by atomic mass is 9.68. The Hall–Kier alpha value is -8.12. The number of fused-ring (bicyclic) bond motifs is 2. The van der Waals surface area contributed by atoms with Crippen molar-refractivity contribution in [1.82, 2.24) is 30.4 Å². The predicted octanol–water partition coefficient (Wildman–Crippen LogP) is 10.1. The van der Waals surface area contributed by atoms with Crippen LogP contribution < -0.4 is 28.4 Å². The lowest BCUT2D eigenvalue weighted by Gasteiger charge is -2.35. The molecule has 2 atom stereocenters. The molecule has 2 unspecified atom stereocenters. The number of ether oxygens (including phenoxy) is 6. The zero-order chi connectivity index (χ0) is 45.7. The van der Waals surface area contributed by atoms with Crippen molar-refractivity contribution >= 4 is 12.2 Å². The van der Waals surface area contributed by atoms with E-state index in [1.165, 1.54) is 11.1 Å². The number of benzene rings is 4. The minimum absolute atomic E-state index is 0.441. The summed E-state index contributed by atoms with van der Waals surface area (Å²) in [4.78, 5) is 8.38. The number of aromatic amines is 2. The first-order valence-corrected chi connectivity index (χ1v) is 21.5. The first-order valence-electron chi connectivity index (χ1n) is 21.5. The van der Waals surface area contributed by atoms with Crippen LogP contribution in [-0.4, -0.2) is 73.0 Å². The molecule has 332 valence electrons. The van der Waals surface area contributed by atoms with Gasteiger partial charge in [-0.1, -0.05) is 85.0 Å². The highest BCUT2D eigenvalue weighted by Gasteiger charge is 2.40. The van der Waals surface area contributed by atoms with E-state index < -0.39 is 10.8 Å². The Bertz CT molecular complexity index is 2750. The molecule has 12 nitrogen and oxygen atoms in total. The lowest BCUT2D eigenvalue weighted by molar-refractivity contribution is 0.323. The Morgan fingerprint density at radius 2 is 0.879 bits per heavy atom. The summed E-state index contributed by atoms with van der Waals surface area (Å²) in [5.74, 6) is 3.66. The number of pyridine rings is 2. The second kappa shape index (κ2) is 18.5. The van der Waals surface area contributed by atoms with E-state index in [4.69, 9.17) is 28.4 Å². The maximum atomic E-state index is 5.67. The lowest BCUT2D eigenvalue weighted by Crippen LogP contribution is -2.30. The molecule has 4 heterocycles. The Kier molecular flexibility index (Phi) is 12.1.